The first-order valence-electron chi connectivity index (χ1n) is 6.64. The molecule has 19 heavy (non-hydrogen) atoms. The minimum Gasteiger partial charge on any atom is -0.224 e. The number of benzene rings is 1. The number of nitrogens with zero attached hydrogens (tertiary/aromatic N) is 3. The van der Waals surface area contributed by atoms with Gasteiger partial charge >= 0.3 is 0 Å². The zero-order valence-electron chi connectivity index (χ0n) is 11.7. The van der Waals surface area contributed by atoms with Crippen LogP contribution in [0.25, 0.3) is 0 Å². The molecule has 0 aliphatic heterocycles. The van der Waals surface area contributed by atoms with Gasteiger partial charge in [-0.2, -0.15) is 5.10 Å². The Labute approximate surface area is 118 Å². The highest BCUT2D eigenvalue weighted by Gasteiger charge is 2.07. The Bertz CT molecular complexity index is 555. The van der Waals surface area contributed by atoms with E-state index in [2.05, 4.69) is 60.2 Å². The van der Waals surface area contributed by atoms with Gasteiger partial charge in [-0.1, -0.05) is 49.9 Å². The maximum absolute atomic E-state index is 4.60. The Kier molecular flexibility index (Phi) is 4.91. The molecule has 100 valence electrons. The third-order valence-corrected chi connectivity index (χ3v) is 3.99. The number of aromatic nitrogens is 3. The summed E-state index contributed by atoms with van der Waals surface area (Å²) in [4.78, 5) is 4.60. The van der Waals surface area contributed by atoms with E-state index in [1.807, 2.05) is 0 Å². The van der Waals surface area contributed by atoms with E-state index in [1.54, 1.807) is 11.8 Å². The van der Waals surface area contributed by atoms with E-state index in [-0.39, 0.29) is 0 Å². The normalized spacial score (nSPS) is 10.7. The van der Waals surface area contributed by atoms with Gasteiger partial charge < -0.3 is 0 Å². The predicted molar refractivity (Wildman–Crippen MR) is 79.3 cm³/mol. The zero-order chi connectivity index (χ0) is 13.7. The Morgan fingerprint density at radius 3 is 2.42 bits per heavy atom. The molecule has 0 fully saturated rings. The highest BCUT2D eigenvalue weighted by Crippen LogP contribution is 2.21. The summed E-state index contributed by atoms with van der Waals surface area (Å²) in [5, 5.41) is 9.25. The van der Waals surface area contributed by atoms with Crippen molar-refractivity contribution in [3.63, 3.8) is 0 Å². The molecule has 3 nitrogen and oxygen atoms in total. The maximum Gasteiger partial charge on any atom is 0.209 e. The number of hydrogen-bond donors (Lipinski definition) is 0. The van der Waals surface area contributed by atoms with Crippen LogP contribution >= 0.6 is 11.8 Å². The molecule has 1 aromatic heterocycles. The third kappa shape index (κ3) is 3.53. The van der Waals surface area contributed by atoms with Crippen molar-refractivity contribution in [1.29, 1.82) is 0 Å². The van der Waals surface area contributed by atoms with Gasteiger partial charge in [0.1, 0.15) is 0 Å². The van der Waals surface area contributed by atoms with E-state index < -0.39 is 0 Å². The quantitative estimate of drug-likeness (QED) is 0.780. The topological polar surface area (TPSA) is 38.7 Å². The van der Waals surface area contributed by atoms with Crippen LogP contribution in [0, 0.1) is 6.92 Å². The molecule has 0 unspecified atom stereocenters. The molecule has 0 aliphatic carbocycles. The lowest BCUT2D eigenvalue weighted by molar-refractivity contribution is 0.745. The van der Waals surface area contributed by atoms with Crippen LogP contribution in [0.1, 0.15) is 36.4 Å². The summed E-state index contributed by atoms with van der Waals surface area (Å²) in [6, 6.07) is 8.41. The summed E-state index contributed by atoms with van der Waals surface area (Å²) in [5.74, 6) is 0.892. The van der Waals surface area contributed by atoms with Gasteiger partial charge in [0.15, 0.2) is 0 Å². The van der Waals surface area contributed by atoms with Gasteiger partial charge in [0.05, 0.1) is 11.4 Å². The molecule has 0 radical (unpaired) electrons. The minimum absolute atomic E-state index is 0.775. The second-order valence-corrected chi connectivity index (χ2v) is 5.35. The molecule has 0 amide bonds. The average molecular weight is 273 g/mol. The molecule has 2 rings (SSSR count). The van der Waals surface area contributed by atoms with Crippen LogP contribution in [0.3, 0.4) is 0 Å². The van der Waals surface area contributed by atoms with Crippen LogP contribution in [0.15, 0.2) is 29.4 Å². The van der Waals surface area contributed by atoms with E-state index in [0.717, 1.165) is 35.1 Å². The number of aryl methyl sites for hydroxylation is 3. The molecule has 1 aromatic carbocycles. The van der Waals surface area contributed by atoms with Crippen molar-refractivity contribution in [2.75, 3.05) is 0 Å². The molecule has 0 N–H and O–H groups in total. The minimum atomic E-state index is 0.775. The summed E-state index contributed by atoms with van der Waals surface area (Å²) in [7, 11) is 0. The van der Waals surface area contributed by atoms with Crippen molar-refractivity contribution in [1.82, 2.24) is 15.2 Å². The molecule has 4 heteroatoms. The lowest BCUT2D eigenvalue weighted by Gasteiger charge is -2.06. The van der Waals surface area contributed by atoms with Gasteiger partial charge in [0.25, 0.3) is 0 Å². The summed E-state index contributed by atoms with van der Waals surface area (Å²) in [5.41, 5.74) is 4.73. The van der Waals surface area contributed by atoms with E-state index in [9.17, 15) is 0 Å². The smallest absolute Gasteiger partial charge is 0.209 e. The van der Waals surface area contributed by atoms with Gasteiger partial charge in [-0.15, -0.1) is 5.10 Å². The van der Waals surface area contributed by atoms with E-state index in [0.29, 0.717) is 0 Å². The molecular formula is C15H19N3S. The number of rotatable bonds is 5. The Morgan fingerprint density at radius 2 is 1.74 bits per heavy atom. The molecule has 1 heterocycles. The molecule has 0 saturated heterocycles. The van der Waals surface area contributed by atoms with Crippen molar-refractivity contribution in [3.8, 4) is 0 Å². The lowest BCUT2D eigenvalue weighted by Crippen LogP contribution is -2.03. The van der Waals surface area contributed by atoms with Gasteiger partial charge in [-0.05, 0) is 30.9 Å². The van der Waals surface area contributed by atoms with Crippen LogP contribution < -0.4 is 0 Å². The van der Waals surface area contributed by atoms with Crippen LogP contribution in [0.4, 0.5) is 0 Å². The van der Waals surface area contributed by atoms with Crippen LogP contribution in [0.2, 0.25) is 0 Å². The Morgan fingerprint density at radius 1 is 1.00 bits per heavy atom. The first kappa shape index (κ1) is 14.0. The van der Waals surface area contributed by atoms with Crippen LogP contribution in [0.5, 0.6) is 0 Å². The molecule has 0 bridgehead atoms. The van der Waals surface area contributed by atoms with E-state index >= 15 is 0 Å². The molecule has 0 atom stereocenters. The monoisotopic (exact) mass is 273 g/mol. The van der Waals surface area contributed by atoms with Crippen LogP contribution in [-0.4, -0.2) is 15.2 Å². The highest BCUT2D eigenvalue weighted by atomic mass is 32.2. The summed E-state index contributed by atoms with van der Waals surface area (Å²) in [6.45, 7) is 6.33. The third-order valence-electron chi connectivity index (χ3n) is 3.11. The molecular weight excluding hydrogens is 254 g/mol. The summed E-state index contributed by atoms with van der Waals surface area (Å²) < 4.78 is 0. The largest absolute Gasteiger partial charge is 0.224 e. The van der Waals surface area contributed by atoms with Crippen molar-refractivity contribution in [3.05, 3.63) is 46.8 Å². The molecule has 0 saturated carbocycles. The van der Waals surface area contributed by atoms with Crippen molar-refractivity contribution >= 4 is 11.8 Å². The van der Waals surface area contributed by atoms with Crippen molar-refractivity contribution in [2.24, 2.45) is 0 Å². The summed E-state index contributed by atoms with van der Waals surface area (Å²) in [6.07, 6.45) is 1.81. The first-order chi connectivity index (χ1) is 9.24. The first-order valence-corrected chi connectivity index (χ1v) is 7.63. The van der Waals surface area contributed by atoms with Crippen molar-refractivity contribution < 1.29 is 0 Å². The van der Waals surface area contributed by atoms with Crippen molar-refractivity contribution in [2.45, 2.75) is 44.5 Å². The van der Waals surface area contributed by atoms with Gasteiger partial charge in [0, 0.05) is 5.75 Å². The summed E-state index contributed by atoms with van der Waals surface area (Å²) >= 11 is 1.65. The second-order valence-electron chi connectivity index (χ2n) is 4.41. The van der Waals surface area contributed by atoms with E-state index in [1.165, 1.54) is 11.1 Å². The lowest BCUT2D eigenvalue weighted by atomic mass is 10.1. The second kappa shape index (κ2) is 6.66. The number of thioether (sulfide) groups is 1. The highest BCUT2D eigenvalue weighted by molar-refractivity contribution is 7.98. The zero-order valence-corrected chi connectivity index (χ0v) is 12.5. The Hall–Kier alpha value is -1.42. The van der Waals surface area contributed by atoms with E-state index in [4.69, 9.17) is 0 Å². The standard InChI is InChI=1S/C15H19N3S/c1-4-13-14(5-2)17-18-15(16-13)19-10-12-9-7-6-8-11(12)3/h6-9H,4-5,10H2,1-3H3. The average Bonchev–Trinajstić information content (AvgIpc) is 2.46. The molecule has 0 spiro atoms. The fourth-order valence-electron chi connectivity index (χ4n) is 1.90. The predicted octanol–water partition coefficient (Wildman–Crippen LogP) is 3.60. The molecule has 2 aromatic rings. The van der Waals surface area contributed by atoms with Gasteiger partial charge in [-0.3, -0.25) is 0 Å². The number of hydrogen-bond acceptors (Lipinski definition) is 4. The maximum atomic E-state index is 4.60. The fourth-order valence-corrected chi connectivity index (χ4v) is 2.78. The fraction of sp³-hybridized carbons (Fsp3) is 0.400. The molecule has 0 aliphatic rings. The van der Waals surface area contributed by atoms with Gasteiger partial charge in [-0.25, -0.2) is 4.98 Å². The Balaban J connectivity index is 2.10. The van der Waals surface area contributed by atoms with Gasteiger partial charge in [0.2, 0.25) is 5.16 Å². The van der Waals surface area contributed by atoms with Crippen LogP contribution in [-0.2, 0) is 18.6 Å². The SMILES string of the molecule is CCc1nnc(SCc2ccccc2C)nc1CC.